The van der Waals surface area contributed by atoms with E-state index in [-0.39, 0.29) is 0 Å². The van der Waals surface area contributed by atoms with Crippen molar-refractivity contribution < 1.29 is 0 Å². The highest BCUT2D eigenvalue weighted by Crippen LogP contribution is 2.27. The van der Waals surface area contributed by atoms with Gasteiger partial charge in [-0.1, -0.05) is 23.7 Å². The molecule has 0 radical (unpaired) electrons. The Balaban J connectivity index is 2.33. The lowest BCUT2D eigenvalue weighted by atomic mass is 10.1. The normalized spacial score (nSPS) is 11.2. The summed E-state index contributed by atoms with van der Waals surface area (Å²) in [6.07, 6.45) is 0.723. The molecular weight excluding hydrogens is 303 g/mol. The van der Waals surface area contributed by atoms with E-state index in [1.807, 2.05) is 18.2 Å². The molecule has 0 saturated heterocycles. The van der Waals surface area contributed by atoms with Crippen molar-refractivity contribution in [2.75, 3.05) is 5.88 Å². The fourth-order valence-corrected chi connectivity index (χ4v) is 2.92. The molecule has 4 heteroatoms. The Hall–Kier alpha value is -1.51. The molecule has 108 valence electrons. The third-order valence-corrected chi connectivity index (χ3v) is 4.03. The fourth-order valence-electron chi connectivity index (χ4n) is 2.58. The number of aromatic nitrogens is 2. The first-order valence-electron chi connectivity index (χ1n) is 6.90. The van der Waals surface area contributed by atoms with Crippen LogP contribution in [0.2, 0.25) is 5.02 Å². The van der Waals surface area contributed by atoms with Gasteiger partial charge in [0.25, 0.3) is 0 Å². The van der Waals surface area contributed by atoms with E-state index in [0.717, 1.165) is 29.0 Å². The molecule has 3 rings (SSSR count). The molecule has 0 bridgehead atoms. The van der Waals surface area contributed by atoms with Crippen LogP contribution >= 0.6 is 23.2 Å². The standard InChI is InChI=1S/C17H16Cl2N2/c1-11-3-4-12(2)16(9-11)21-15-6-5-13(19)10-14(15)20-17(21)7-8-18/h3-6,9-10H,7-8H2,1-2H3. The number of nitrogens with zero attached hydrogens (tertiary/aromatic N) is 2. The molecule has 0 atom stereocenters. The van der Waals surface area contributed by atoms with E-state index in [4.69, 9.17) is 28.2 Å². The molecule has 21 heavy (non-hydrogen) atoms. The molecule has 0 saturated carbocycles. The van der Waals surface area contributed by atoms with E-state index >= 15 is 0 Å². The van der Waals surface area contributed by atoms with Crippen molar-refractivity contribution in [1.82, 2.24) is 9.55 Å². The Bertz CT molecular complexity index is 806. The highest BCUT2D eigenvalue weighted by atomic mass is 35.5. The minimum Gasteiger partial charge on any atom is -0.296 e. The van der Waals surface area contributed by atoms with Crippen molar-refractivity contribution >= 4 is 34.2 Å². The van der Waals surface area contributed by atoms with Gasteiger partial charge in [-0.15, -0.1) is 11.6 Å². The summed E-state index contributed by atoms with van der Waals surface area (Å²) in [5, 5.41) is 0.700. The van der Waals surface area contributed by atoms with Crippen molar-refractivity contribution in [2.24, 2.45) is 0 Å². The van der Waals surface area contributed by atoms with Crippen LogP contribution in [0.3, 0.4) is 0 Å². The number of benzene rings is 2. The maximum absolute atomic E-state index is 6.08. The van der Waals surface area contributed by atoms with Gasteiger partial charge in [-0.05, 0) is 49.2 Å². The summed E-state index contributed by atoms with van der Waals surface area (Å²) in [4.78, 5) is 4.70. The number of imidazole rings is 1. The third-order valence-electron chi connectivity index (χ3n) is 3.61. The van der Waals surface area contributed by atoms with Crippen LogP contribution in [0.5, 0.6) is 0 Å². The summed E-state index contributed by atoms with van der Waals surface area (Å²) in [6, 6.07) is 12.3. The molecule has 0 fully saturated rings. The molecule has 0 N–H and O–H groups in total. The number of aryl methyl sites for hydroxylation is 3. The van der Waals surface area contributed by atoms with Gasteiger partial charge in [0, 0.05) is 17.3 Å². The Labute approximate surface area is 134 Å². The van der Waals surface area contributed by atoms with E-state index in [1.54, 1.807) is 0 Å². The summed E-state index contributed by atoms with van der Waals surface area (Å²) < 4.78 is 2.19. The molecule has 1 heterocycles. The average Bonchev–Trinajstić information content (AvgIpc) is 2.79. The third kappa shape index (κ3) is 2.66. The predicted octanol–water partition coefficient (Wildman–Crippen LogP) is 5.08. The SMILES string of the molecule is Cc1ccc(C)c(-n2c(CCCl)nc3cc(Cl)ccc32)c1. The van der Waals surface area contributed by atoms with Crippen LogP contribution in [0.4, 0.5) is 0 Å². The smallest absolute Gasteiger partial charge is 0.115 e. The van der Waals surface area contributed by atoms with Crippen molar-refractivity contribution in [2.45, 2.75) is 20.3 Å². The van der Waals surface area contributed by atoms with E-state index in [9.17, 15) is 0 Å². The second-order valence-corrected chi connectivity index (χ2v) is 6.04. The van der Waals surface area contributed by atoms with E-state index < -0.39 is 0 Å². The van der Waals surface area contributed by atoms with Gasteiger partial charge in [0.2, 0.25) is 0 Å². The second-order valence-electron chi connectivity index (χ2n) is 5.23. The average molecular weight is 319 g/mol. The summed E-state index contributed by atoms with van der Waals surface area (Å²) in [6.45, 7) is 4.21. The van der Waals surface area contributed by atoms with Crippen molar-refractivity contribution in [3.05, 3.63) is 58.4 Å². The Kier molecular flexibility index (Phi) is 3.92. The molecule has 0 amide bonds. The highest BCUT2D eigenvalue weighted by Gasteiger charge is 2.14. The Morgan fingerprint density at radius 1 is 1.10 bits per heavy atom. The number of alkyl halides is 1. The number of rotatable bonds is 3. The molecule has 0 aliphatic rings. The van der Waals surface area contributed by atoms with Crippen LogP contribution in [0.25, 0.3) is 16.7 Å². The molecular formula is C17H16Cl2N2. The number of hydrogen-bond donors (Lipinski definition) is 0. The lowest BCUT2D eigenvalue weighted by Gasteiger charge is -2.12. The van der Waals surface area contributed by atoms with Crippen LogP contribution in [-0.2, 0) is 6.42 Å². The van der Waals surface area contributed by atoms with E-state index in [1.165, 1.54) is 11.1 Å². The van der Waals surface area contributed by atoms with Gasteiger partial charge < -0.3 is 0 Å². The predicted molar refractivity (Wildman–Crippen MR) is 90.0 cm³/mol. The zero-order chi connectivity index (χ0) is 15.0. The van der Waals surface area contributed by atoms with Gasteiger partial charge in [-0.25, -0.2) is 4.98 Å². The molecule has 0 aliphatic carbocycles. The molecule has 0 spiro atoms. The van der Waals surface area contributed by atoms with Crippen LogP contribution in [0.1, 0.15) is 17.0 Å². The van der Waals surface area contributed by atoms with Crippen LogP contribution in [0, 0.1) is 13.8 Å². The number of fused-ring (bicyclic) bond motifs is 1. The van der Waals surface area contributed by atoms with Crippen molar-refractivity contribution in [1.29, 1.82) is 0 Å². The zero-order valence-corrected chi connectivity index (χ0v) is 13.5. The van der Waals surface area contributed by atoms with Gasteiger partial charge in [0.05, 0.1) is 16.7 Å². The monoisotopic (exact) mass is 318 g/mol. The topological polar surface area (TPSA) is 17.8 Å². The molecule has 2 aromatic carbocycles. The van der Waals surface area contributed by atoms with Gasteiger partial charge in [-0.3, -0.25) is 4.57 Å². The largest absolute Gasteiger partial charge is 0.296 e. The highest BCUT2D eigenvalue weighted by molar-refractivity contribution is 6.31. The fraction of sp³-hybridized carbons (Fsp3) is 0.235. The first-order chi connectivity index (χ1) is 10.1. The molecule has 2 nitrogen and oxygen atoms in total. The summed E-state index contributed by atoms with van der Waals surface area (Å²) >= 11 is 12.0. The molecule has 0 unspecified atom stereocenters. The zero-order valence-electron chi connectivity index (χ0n) is 12.0. The first-order valence-corrected chi connectivity index (χ1v) is 7.82. The van der Waals surface area contributed by atoms with E-state index in [0.29, 0.717) is 10.9 Å². The second kappa shape index (κ2) is 5.70. The maximum Gasteiger partial charge on any atom is 0.115 e. The van der Waals surface area contributed by atoms with E-state index in [2.05, 4.69) is 36.6 Å². The summed E-state index contributed by atoms with van der Waals surface area (Å²) in [5.74, 6) is 1.51. The number of halogens is 2. The molecule has 1 aromatic heterocycles. The lowest BCUT2D eigenvalue weighted by molar-refractivity contribution is 0.906. The summed E-state index contributed by atoms with van der Waals surface area (Å²) in [7, 11) is 0. The minimum absolute atomic E-state index is 0.544. The number of hydrogen-bond acceptors (Lipinski definition) is 1. The van der Waals surface area contributed by atoms with Crippen molar-refractivity contribution in [3.8, 4) is 5.69 Å². The molecule has 0 aliphatic heterocycles. The lowest BCUT2D eigenvalue weighted by Crippen LogP contribution is -2.04. The quantitative estimate of drug-likeness (QED) is 0.616. The van der Waals surface area contributed by atoms with Gasteiger partial charge in [0.1, 0.15) is 5.82 Å². The van der Waals surface area contributed by atoms with Gasteiger partial charge >= 0.3 is 0 Å². The van der Waals surface area contributed by atoms with Crippen molar-refractivity contribution in [3.63, 3.8) is 0 Å². The Morgan fingerprint density at radius 3 is 2.67 bits per heavy atom. The van der Waals surface area contributed by atoms with Crippen LogP contribution in [-0.4, -0.2) is 15.4 Å². The van der Waals surface area contributed by atoms with Gasteiger partial charge in [0.15, 0.2) is 0 Å². The van der Waals surface area contributed by atoms with Crippen LogP contribution in [0.15, 0.2) is 36.4 Å². The maximum atomic E-state index is 6.08. The molecule has 3 aromatic rings. The summed E-state index contributed by atoms with van der Waals surface area (Å²) in [5.41, 5.74) is 5.56. The van der Waals surface area contributed by atoms with Crippen LogP contribution < -0.4 is 0 Å². The first kappa shape index (κ1) is 14.4. The minimum atomic E-state index is 0.544. The Morgan fingerprint density at radius 2 is 1.90 bits per heavy atom. The van der Waals surface area contributed by atoms with Gasteiger partial charge in [-0.2, -0.15) is 0 Å².